The minimum atomic E-state index is -0.943. The molecule has 4 aliphatic carbocycles. The summed E-state index contributed by atoms with van der Waals surface area (Å²) in [5.74, 6) is -0.684. The molecule has 11 heteroatoms. The number of aliphatic carboxylic acids is 1. The van der Waals surface area contributed by atoms with Gasteiger partial charge in [-0.2, -0.15) is 0 Å². The van der Waals surface area contributed by atoms with E-state index in [1.54, 1.807) is 13.8 Å². The van der Waals surface area contributed by atoms with Gasteiger partial charge in [0, 0.05) is 53.0 Å². The molecule has 0 aromatic carbocycles. The van der Waals surface area contributed by atoms with Crippen molar-refractivity contribution in [2.45, 2.75) is 93.4 Å². The first kappa shape index (κ1) is 42.7. The van der Waals surface area contributed by atoms with E-state index in [1.165, 1.54) is 0 Å². The Hall–Kier alpha value is -0.720. The van der Waals surface area contributed by atoms with Crippen molar-refractivity contribution in [2.75, 3.05) is 13.2 Å². The molecule has 0 aromatic heterocycles. The molecule has 4 atom stereocenters. The fourth-order valence-corrected chi connectivity index (χ4v) is 5.98. The van der Waals surface area contributed by atoms with E-state index in [0.29, 0.717) is 18.4 Å². The molecule has 39 heavy (non-hydrogen) atoms. The number of aliphatic hydroxyl groups excluding tert-OH is 2. The van der Waals surface area contributed by atoms with Crippen molar-refractivity contribution in [2.24, 2.45) is 22.7 Å². The molecule has 4 rings (SSSR count). The predicted octanol–water partition coefficient (Wildman–Crippen LogP) is 1.27. The average Bonchev–Trinajstić information content (AvgIpc) is 3.43. The van der Waals surface area contributed by atoms with Crippen LogP contribution in [0.4, 0.5) is 0 Å². The first-order valence-electron chi connectivity index (χ1n) is 12.6. The van der Waals surface area contributed by atoms with Crippen LogP contribution in [0.5, 0.6) is 0 Å². The summed E-state index contributed by atoms with van der Waals surface area (Å²) in [4.78, 5) is 47.0. The molecule has 0 bridgehead atoms. The molecule has 0 saturated carbocycles. The smallest absolute Gasteiger partial charge is 0.870 e. The zero-order valence-corrected chi connectivity index (χ0v) is 27.1. The topological polar surface area (TPSA) is 159 Å². The van der Waals surface area contributed by atoms with Gasteiger partial charge in [0.05, 0.1) is 10.8 Å². The molecule has 0 spiro atoms. The summed E-state index contributed by atoms with van der Waals surface area (Å²) in [5, 5.41) is 26.0. The summed E-state index contributed by atoms with van der Waals surface area (Å²) in [6.45, 7) is 8.93. The molecule has 0 unspecified atom stereocenters. The van der Waals surface area contributed by atoms with Crippen LogP contribution in [0.1, 0.15) is 93.4 Å². The van der Waals surface area contributed by atoms with Crippen molar-refractivity contribution in [3.63, 3.8) is 0 Å². The summed E-state index contributed by atoms with van der Waals surface area (Å²) in [5.41, 5.74) is 1.92. The second kappa shape index (κ2) is 18.7. The maximum absolute atomic E-state index is 12.0. The molecule has 0 aromatic rings. The molecule has 0 aliphatic heterocycles. The predicted molar refractivity (Wildman–Crippen MR) is 151 cm³/mol. The van der Waals surface area contributed by atoms with Crippen molar-refractivity contribution in [3.8, 4) is 0 Å². The van der Waals surface area contributed by atoms with Crippen LogP contribution in [-0.4, -0.2) is 57.3 Å². The number of aliphatic hydroxyl groups is 2. The maximum Gasteiger partial charge on any atom is 1.00 e. The van der Waals surface area contributed by atoms with E-state index in [-0.39, 0.29) is 78.3 Å². The summed E-state index contributed by atoms with van der Waals surface area (Å²) in [6, 6.07) is 0. The van der Waals surface area contributed by atoms with Crippen molar-refractivity contribution in [3.05, 3.63) is 22.3 Å². The van der Waals surface area contributed by atoms with Gasteiger partial charge in [0.15, 0.2) is 17.3 Å². The van der Waals surface area contributed by atoms with Gasteiger partial charge in [-0.3, -0.25) is 19.2 Å². The summed E-state index contributed by atoms with van der Waals surface area (Å²) < 4.78 is 0. The fourth-order valence-electron chi connectivity index (χ4n) is 5.98. The monoisotopic (exact) mass is 596 g/mol. The third kappa shape index (κ3) is 8.64. The van der Waals surface area contributed by atoms with Crippen molar-refractivity contribution >= 4 is 45.7 Å². The van der Waals surface area contributed by atoms with Crippen LogP contribution in [0.25, 0.3) is 0 Å². The minimum Gasteiger partial charge on any atom is -0.870 e. The van der Waals surface area contributed by atoms with Gasteiger partial charge < -0.3 is 20.8 Å². The van der Waals surface area contributed by atoms with Crippen LogP contribution >= 0.6 is 0 Å². The third-order valence-corrected chi connectivity index (χ3v) is 8.51. The van der Waals surface area contributed by atoms with E-state index in [2.05, 4.69) is 22.4 Å². The van der Waals surface area contributed by atoms with E-state index < -0.39 is 23.4 Å². The number of rotatable bonds is 3. The molecule has 4 N–H and O–H groups in total. The molecule has 4 aliphatic rings. The third-order valence-electron chi connectivity index (χ3n) is 8.51. The van der Waals surface area contributed by atoms with Gasteiger partial charge in [0.25, 0.3) is 0 Å². The summed E-state index contributed by atoms with van der Waals surface area (Å²) >= 11 is 7.33. The summed E-state index contributed by atoms with van der Waals surface area (Å²) in [6.07, 6.45) is 6.33. The van der Waals surface area contributed by atoms with Gasteiger partial charge in [-0.05, 0) is 71.1 Å². The first-order valence-corrected chi connectivity index (χ1v) is 13.9. The molecule has 0 amide bonds. The Morgan fingerprint density at radius 1 is 0.821 bits per heavy atom. The number of Topliss-reactive ketones (excluding diaryl/α,β-unsaturated/α-hetero) is 3. The number of ketones is 3. The molecule has 0 heterocycles. The standard InChI is InChI=1S/C13H18O3.C12H16O3.C2H6O.CH4.Na.H2O.S2/c1-8-3-4-9-5-6-10(15)12(9)13(8,2)11(16)7-14;1-7-3-4-8-5-6-9(13)10(8)12(7,2)11(14)15;1-2-3;;;;1-2/h8,14H,3-7H2,1-2H3;7H,3-6H2,1-2H3,(H,14,15);3H,2H2,1H3;1H4;;1H2;/q;;;;+1;;/p-1/t8-,13+;7-,12-;;;;;/m11...../s1. The number of allylic oxidation sites excluding steroid dienone is 3. The van der Waals surface area contributed by atoms with Crippen LogP contribution in [0.3, 0.4) is 0 Å². The molecule has 218 valence electrons. The maximum atomic E-state index is 12.0. The van der Waals surface area contributed by atoms with E-state index in [0.717, 1.165) is 55.2 Å². The van der Waals surface area contributed by atoms with Gasteiger partial charge in [0.1, 0.15) is 6.61 Å². The number of carboxylic acids is 1. The Balaban J connectivity index is -0.000000536. The van der Waals surface area contributed by atoms with E-state index in [9.17, 15) is 24.3 Å². The number of carbonyl (C=O) groups is 4. The van der Waals surface area contributed by atoms with Crippen molar-refractivity contribution in [1.29, 1.82) is 0 Å². The van der Waals surface area contributed by atoms with Crippen molar-refractivity contribution < 1.29 is 69.5 Å². The Kier molecular flexibility index (Phi) is 20.5. The zero-order chi connectivity index (χ0) is 27.8. The van der Waals surface area contributed by atoms with Gasteiger partial charge >= 0.3 is 35.5 Å². The fraction of sp³-hybridized carbons (Fsp3) is 0.714. The van der Waals surface area contributed by atoms with Crippen LogP contribution < -0.4 is 29.6 Å². The Morgan fingerprint density at radius 3 is 1.49 bits per heavy atom. The number of carbonyl (C=O) groups excluding carboxylic acids is 3. The Morgan fingerprint density at radius 2 is 1.15 bits per heavy atom. The molecular formula is C28H45NaO8S2. The van der Waals surface area contributed by atoms with E-state index in [1.807, 2.05) is 20.8 Å². The zero-order valence-electron chi connectivity index (χ0n) is 23.5. The van der Waals surface area contributed by atoms with Crippen LogP contribution in [0, 0.1) is 22.7 Å². The molecular weight excluding hydrogens is 551 g/mol. The van der Waals surface area contributed by atoms with Gasteiger partial charge in [-0.25, -0.2) is 0 Å². The number of hydrogen-bond acceptors (Lipinski definition) is 9. The first-order chi connectivity index (χ1) is 16.9. The minimum absolute atomic E-state index is 0. The Bertz CT molecular complexity index is 948. The van der Waals surface area contributed by atoms with Crippen LogP contribution in [-0.2, 0) is 41.6 Å². The van der Waals surface area contributed by atoms with Gasteiger partial charge in [-0.15, -0.1) is 0 Å². The van der Waals surface area contributed by atoms with E-state index in [4.69, 9.17) is 10.2 Å². The van der Waals surface area contributed by atoms with Crippen LogP contribution in [0.15, 0.2) is 22.3 Å². The van der Waals surface area contributed by atoms with E-state index >= 15 is 0 Å². The molecule has 8 nitrogen and oxygen atoms in total. The average molecular weight is 597 g/mol. The summed E-state index contributed by atoms with van der Waals surface area (Å²) in [7, 11) is 0. The normalized spacial score (nSPS) is 28.3. The molecule has 0 radical (unpaired) electrons. The largest absolute Gasteiger partial charge is 1.00 e. The molecule has 0 fully saturated rings. The number of hydrogen-bond donors (Lipinski definition) is 3. The van der Waals surface area contributed by atoms with Gasteiger partial charge in [0.2, 0.25) is 0 Å². The second-order valence-corrected chi connectivity index (χ2v) is 10.3. The van der Waals surface area contributed by atoms with Gasteiger partial charge in [-0.1, -0.05) is 32.4 Å². The number of carboxylic acid groups (broad SMARTS) is 1. The van der Waals surface area contributed by atoms with Crippen molar-refractivity contribution in [1.82, 2.24) is 0 Å². The Labute approximate surface area is 265 Å². The van der Waals surface area contributed by atoms with Crippen LogP contribution in [0.2, 0.25) is 0 Å². The molecule has 0 saturated heterocycles. The second-order valence-electron chi connectivity index (χ2n) is 10.3. The quantitative estimate of drug-likeness (QED) is 0.405. The SMILES string of the molecule is C.CCO.C[C@@H]1CCC2=C(C(=O)CC2)[C@]1(C)C(=O)CO.C[C@@H]1CCC2=C(C(=O)CC2)[C@]1(C)C(=O)O.S=S.[Na+].[OH-].